The molecule has 0 atom stereocenters. The summed E-state index contributed by atoms with van der Waals surface area (Å²) in [7, 11) is 1.68. The fourth-order valence-corrected chi connectivity index (χ4v) is 4.25. The highest BCUT2D eigenvalue weighted by molar-refractivity contribution is 7.18. The van der Waals surface area contributed by atoms with Crippen molar-refractivity contribution in [2.24, 2.45) is 0 Å². The Balaban J connectivity index is 1.66. The van der Waals surface area contributed by atoms with Gasteiger partial charge in [-0.05, 0) is 40.4 Å². The molecule has 0 saturated carbocycles. The van der Waals surface area contributed by atoms with Gasteiger partial charge in [-0.2, -0.15) is 5.21 Å². The van der Waals surface area contributed by atoms with Gasteiger partial charge in [0.05, 0.1) is 18.3 Å². The Hall–Kier alpha value is -3.32. The number of ether oxygens (including phenoxy) is 1. The average Bonchev–Trinajstić information content (AvgIpc) is 3.40. The summed E-state index contributed by atoms with van der Waals surface area (Å²) in [6.45, 7) is 0. The van der Waals surface area contributed by atoms with Crippen LogP contribution in [0, 0.1) is 0 Å². The van der Waals surface area contributed by atoms with Crippen molar-refractivity contribution in [3.05, 3.63) is 65.2 Å². The number of nitrogens with zero attached hydrogens (tertiary/aromatic N) is 4. The van der Waals surface area contributed by atoms with Crippen LogP contribution in [0.2, 0.25) is 0 Å². The number of H-pyrrole nitrogens is 1. The molecule has 1 N–H and O–H groups in total. The molecular weight excluding hydrogens is 358 g/mol. The van der Waals surface area contributed by atoms with E-state index in [2.05, 4.69) is 50.3 Å². The fourth-order valence-electron chi connectivity index (χ4n) is 3.30. The van der Waals surface area contributed by atoms with E-state index in [1.54, 1.807) is 18.4 Å². The highest BCUT2D eigenvalue weighted by Gasteiger charge is 2.12. The van der Waals surface area contributed by atoms with Gasteiger partial charge in [0.25, 0.3) is 0 Å². The first-order chi connectivity index (χ1) is 13.3. The summed E-state index contributed by atoms with van der Waals surface area (Å²) in [5.41, 5.74) is 4.05. The predicted molar refractivity (Wildman–Crippen MR) is 106 cm³/mol. The van der Waals surface area contributed by atoms with Crippen LogP contribution in [-0.4, -0.2) is 32.7 Å². The van der Waals surface area contributed by atoms with Crippen molar-refractivity contribution in [1.29, 1.82) is 0 Å². The van der Waals surface area contributed by atoms with Crippen LogP contribution < -0.4 is 4.74 Å². The number of pyridine rings is 1. The first-order valence-corrected chi connectivity index (χ1v) is 9.36. The lowest BCUT2D eigenvalue weighted by atomic mass is 10.0. The van der Waals surface area contributed by atoms with E-state index in [0.717, 1.165) is 34.3 Å². The molecule has 0 unspecified atom stereocenters. The zero-order valence-electron chi connectivity index (χ0n) is 14.5. The van der Waals surface area contributed by atoms with Gasteiger partial charge in [0, 0.05) is 27.5 Å². The highest BCUT2D eigenvalue weighted by atomic mass is 32.1. The highest BCUT2D eigenvalue weighted by Crippen LogP contribution is 2.33. The number of tetrazole rings is 1. The van der Waals surface area contributed by atoms with Crippen LogP contribution in [-0.2, 0) is 6.42 Å². The van der Waals surface area contributed by atoms with E-state index >= 15 is 0 Å². The molecule has 7 heteroatoms. The molecule has 0 aliphatic carbocycles. The standard InChI is InChI=1S/C20H15N5OS/c1-26-14-4-2-3-12(9-14)10-17-16-7-8-27-19(16)15-6-5-13(11-18(15)21-17)20-22-24-25-23-20/h2-9,11H,10H2,1H3,(H,22,23,24,25). The third-order valence-corrected chi connectivity index (χ3v) is 5.53. The van der Waals surface area contributed by atoms with Gasteiger partial charge in [-0.1, -0.05) is 24.3 Å². The maximum Gasteiger partial charge on any atom is 0.204 e. The molecule has 0 aliphatic heterocycles. The summed E-state index contributed by atoms with van der Waals surface area (Å²) < 4.78 is 6.60. The Kier molecular flexibility index (Phi) is 3.79. The van der Waals surface area contributed by atoms with E-state index in [9.17, 15) is 0 Å². The van der Waals surface area contributed by atoms with Crippen molar-refractivity contribution in [3.8, 4) is 17.1 Å². The van der Waals surface area contributed by atoms with Crippen LogP contribution in [0.4, 0.5) is 0 Å². The lowest BCUT2D eigenvalue weighted by Gasteiger charge is -2.09. The largest absolute Gasteiger partial charge is 0.497 e. The number of thiophene rings is 1. The maximum absolute atomic E-state index is 5.35. The van der Waals surface area contributed by atoms with Crippen molar-refractivity contribution in [2.75, 3.05) is 7.11 Å². The zero-order chi connectivity index (χ0) is 18.2. The Labute approximate surface area is 158 Å². The minimum atomic E-state index is 0.569. The Morgan fingerprint density at radius 1 is 1.07 bits per heavy atom. The summed E-state index contributed by atoms with van der Waals surface area (Å²) in [5, 5.41) is 18.7. The second kappa shape index (κ2) is 6.44. The van der Waals surface area contributed by atoms with Crippen LogP contribution in [0.3, 0.4) is 0 Å². The fraction of sp³-hybridized carbons (Fsp3) is 0.100. The molecule has 3 heterocycles. The molecule has 0 spiro atoms. The van der Waals surface area contributed by atoms with E-state index in [0.29, 0.717) is 5.82 Å². The molecule has 5 aromatic rings. The van der Waals surface area contributed by atoms with Gasteiger partial charge in [0.15, 0.2) is 0 Å². The summed E-state index contributed by atoms with van der Waals surface area (Å²) in [6, 6.07) is 16.4. The molecule has 0 saturated heterocycles. The maximum atomic E-state index is 5.35. The Morgan fingerprint density at radius 2 is 2.04 bits per heavy atom. The second-order valence-corrected chi connectivity index (χ2v) is 7.13. The number of aromatic nitrogens is 5. The molecule has 3 aromatic heterocycles. The quantitative estimate of drug-likeness (QED) is 0.510. The third kappa shape index (κ3) is 2.82. The number of benzene rings is 2. The summed E-state index contributed by atoms with van der Waals surface area (Å²) in [4.78, 5) is 4.98. The van der Waals surface area contributed by atoms with Crippen LogP contribution in [0.15, 0.2) is 53.9 Å². The number of hydrogen-bond donors (Lipinski definition) is 1. The monoisotopic (exact) mass is 373 g/mol. The summed E-state index contributed by atoms with van der Waals surface area (Å²) in [6.07, 6.45) is 0.743. The van der Waals surface area contributed by atoms with Gasteiger partial charge >= 0.3 is 0 Å². The molecule has 0 amide bonds. The molecule has 132 valence electrons. The molecule has 27 heavy (non-hydrogen) atoms. The topological polar surface area (TPSA) is 76.6 Å². The molecule has 5 rings (SSSR count). The molecule has 6 nitrogen and oxygen atoms in total. The number of fused-ring (bicyclic) bond motifs is 3. The van der Waals surface area contributed by atoms with Gasteiger partial charge in [-0.25, -0.2) is 0 Å². The molecule has 2 aromatic carbocycles. The van der Waals surface area contributed by atoms with Gasteiger partial charge in [-0.15, -0.1) is 21.5 Å². The molecule has 0 radical (unpaired) electrons. The van der Waals surface area contributed by atoms with Gasteiger partial charge < -0.3 is 4.74 Å². The summed E-state index contributed by atoms with van der Waals surface area (Å²) >= 11 is 1.74. The molecule has 0 fully saturated rings. The van der Waals surface area contributed by atoms with Gasteiger partial charge in [-0.3, -0.25) is 4.98 Å². The van der Waals surface area contributed by atoms with E-state index in [4.69, 9.17) is 9.72 Å². The number of methoxy groups -OCH3 is 1. The van der Waals surface area contributed by atoms with E-state index in [-0.39, 0.29) is 0 Å². The first kappa shape index (κ1) is 15.9. The van der Waals surface area contributed by atoms with E-state index < -0.39 is 0 Å². The van der Waals surface area contributed by atoms with Gasteiger partial charge in [0.1, 0.15) is 5.75 Å². The number of hydrogen-bond acceptors (Lipinski definition) is 6. The van der Waals surface area contributed by atoms with Crippen molar-refractivity contribution < 1.29 is 4.74 Å². The lowest BCUT2D eigenvalue weighted by molar-refractivity contribution is 0.414. The lowest BCUT2D eigenvalue weighted by Crippen LogP contribution is -1.95. The normalized spacial score (nSPS) is 11.3. The molecule has 0 aliphatic rings. The van der Waals surface area contributed by atoms with E-state index in [1.807, 2.05) is 24.3 Å². The number of nitrogens with one attached hydrogen (secondary N) is 1. The molecule has 0 bridgehead atoms. The second-order valence-electron chi connectivity index (χ2n) is 6.22. The van der Waals surface area contributed by atoms with E-state index in [1.165, 1.54) is 15.6 Å². The molecular formula is C20H15N5OS. The predicted octanol–water partition coefficient (Wildman–Crippen LogP) is 4.23. The smallest absolute Gasteiger partial charge is 0.204 e. The van der Waals surface area contributed by atoms with Gasteiger partial charge in [0.2, 0.25) is 5.82 Å². The average molecular weight is 373 g/mol. The van der Waals surface area contributed by atoms with Crippen molar-refractivity contribution >= 4 is 32.3 Å². The SMILES string of the molecule is COc1cccc(Cc2nc3cc(-c4nn[nH]n4)ccc3c3sccc23)c1. The Morgan fingerprint density at radius 3 is 2.89 bits per heavy atom. The van der Waals surface area contributed by atoms with Crippen molar-refractivity contribution in [3.63, 3.8) is 0 Å². The minimum absolute atomic E-state index is 0.569. The van der Waals surface area contributed by atoms with Crippen LogP contribution in [0.1, 0.15) is 11.3 Å². The van der Waals surface area contributed by atoms with Crippen LogP contribution in [0.5, 0.6) is 5.75 Å². The number of rotatable bonds is 4. The first-order valence-electron chi connectivity index (χ1n) is 8.48. The minimum Gasteiger partial charge on any atom is -0.497 e. The summed E-state index contributed by atoms with van der Waals surface area (Å²) in [5.74, 6) is 1.42. The van der Waals surface area contributed by atoms with Crippen molar-refractivity contribution in [2.45, 2.75) is 6.42 Å². The number of aromatic amines is 1. The van der Waals surface area contributed by atoms with Crippen LogP contribution in [0.25, 0.3) is 32.4 Å². The third-order valence-electron chi connectivity index (χ3n) is 4.58. The van der Waals surface area contributed by atoms with Crippen LogP contribution >= 0.6 is 11.3 Å². The Bertz CT molecular complexity index is 1250. The zero-order valence-corrected chi connectivity index (χ0v) is 15.3. The van der Waals surface area contributed by atoms with Crippen molar-refractivity contribution in [1.82, 2.24) is 25.6 Å².